The third kappa shape index (κ3) is 2.58. The highest BCUT2D eigenvalue weighted by Gasteiger charge is 2.38. The van der Waals surface area contributed by atoms with E-state index in [0.29, 0.717) is 13.0 Å². The molecular weight excluding hydrogens is 276 g/mol. The number of carbonyl (C=O) groups excluding carboxylic acids is 1. The Balaban J connectivity index is 2.28. The molecule has 1 amide bonds. The summed E-state index contributed by atoms with van der Waals surface area (Å²) in [5.41, 5.74) is 6.71. The van der Waals surface area contributed by atoms with Crippen LogP contribution in [-0.2, 0) is 16.0 Å². The first-order chi connectivity index (χ1) is 9.47. The Morgan fingerprint density at radius 3 is 2.90 bits per heavy atom. The molecule has 110 valence electrons. The molecule has 0 aliphatic carbocycles. The molecule has 3 atom stereocenters. The number of aliphatic carboxylic acids is 1. The summed E-state index contributed by atoms with van der Waals surface area (Å²) in [5, 5.41) is 11.3. The Hall–Kier alpha value is -1.40. The van der Waals surface area contributed by atoms with Crippen molar-refractivity contribution in [2.75, 3.05) is 6.54 Å². The molecule has 0 aromatic carbocycles. The van der Waals surface area contributed by atoms with Gasteiger partial charge in [0.1, 0.15) is 0 Å². The molecule has 1 unspecified atom stereocenters. The average molecular weight is 296 g/mol. The Morgan fingerprint density at radius 1 is 1.60 bits per heavy atom. The zero-order valence-electron chi connectivity index (χ0n) is 11.7. The number of thiophene rings is 1. The topological polar surface area (TPSA) is 83.6 Å². The fourth-order valence-corrected chi connectivity index (χ4v) is 3.41. The first kappa shape index (κ1) is 15.0. The molecule has 0 saturated heterocycles. The summed E-state index contributed by atoms with van der Waals surface area (Å²) >= 11 is 1.55. The van der Waals surface area contributed by atoms with Gasteiger partial charge in [-0.15, -0.1) is 11.3 Å². The van der Waals surface area contributed by atoms with Crippen LogP contribution in [0.4, 0.5) is 0 Å². The van der Waals surface area contributed by atoms with E-state index < -0.39 is 18.1 Å². The van der Waals surface area contributed by atoms with Crippen LogP contribution in [-0.4, -0.2) is 34.5 Å². The number of carboxylic acid groups (broad SMARTS) is 1. The summed E-state index contributed by atoms with van der Waals surface area (Å²) in [6.45, 7) is 4.31. The van der Waals surface area contributed by atoms with Gasteiger partial charge in [-0.05, 0) is 29.3 Å². The maximum atomic E-state index is 12.5. The van der Waals surface area contributed by atoms with Crippen LogP contribution in [0.15, 0.2) is 11.4 Å². The summed E-state index contributed by atoms with van der Waals surface area (Å²) in [7, 11) is 0. The van der Waals surface area contributed by atoms with Crippen molar-refractivity contribution < 1.29 is 14.7 Å². The standard InChI is InChI=1S/C14H20N2O3S/c1-3-8(2)11(15)13(17)16-6-4-10-9(5-7-20-10)12(16)14(18)19/h5,7-8,11-12H,3-4,6,15H2,1-2H3,(H,18,19)/t8-,11-,12?/m0/s1. The van der Waals surface area contributed by atoms with E-state index in [1.165, 1.54) is 4.90 Å². The van der Waals surface area contributed by atoms with Gasteiger partial charge in [0.25, 0.3) is 0 Å². The van der Waals surface area contributed by atoms with Gasteiger partial charge in [0.2, 0.25) is 5.91 Å². The molecule has 0 bridgehead atoms. The van der Waals surface area contributed by atoms with Crippen molar-refractivity contribution in [2.24, 2.45) is 11.7 Å². The molecule has 2 heterocycles. The van der Waals surface area contributed by atoms with E-state index in [2.05, 4.69) is 0 Å². The molecule has 3 N–H and O–H groups in total. The molecule has 0 spiro atoms. The SMILES string of the molecule is CC[C@H](C)[C@H](N)C(=O)N1CCc2sccc2C1C(=O)O. The number of fused-ring (bicyclic) bond motifs is 1. The van der Waals surface area contributed by atoms with Crippen molar-refractivity contribution in [1.29, 1.82) is 0 Å². The highest BCUT2D eigenvalue weighted by atomic mass is 32.1. The second-order valence-electron chi connectivity index (χ2n) is 5.23. The highest BCUT2D eigenvalue weighted by molar-refractivity contribution is 7.10. The molecule has 0 saturated carbocycles. The molecule has 20 heavy (non-hydrogen) atoms. The number of amides is 1. The summed E-state index contributed by atoms with van der Waals surface area (Å²) in [6.07, 6.45) is 1.50. The Kier molecular flexibility index (Phi) is 4.45. The number of carboxylic acids is 1. The van der Waals surface area contributed by atoms with Crippen LogP contribution in [0.1, 0.15) is 36.8 Å². The minimum Gasteiger partial charge on any atom is -0.479 e. The van der Waals surface area contributed by atoms with Crippen LogP contribution in [0.25, 0.3) is 0 Å². The van der Waals surface area contributed by atoms with Crippen molar-refractivity contribution >= 4 is 23.2 Å². The van der Waals surface area contributed by atoms with Crippen molar-refractivity contribution in [1.82, 2.24) is 4.90 Å². The molecule has 1 aliphatic heterocycles. The second-order valence-corrected chi connectivity index (χ2v) is 6.23. The van der Waals surface area contributed by atoms with Gasteiger partial charge in [0, 0.05) is 11.4 Å². The van der Waals surface area contributed by atoms with E-state index in [1.54, 1.807) is 17.4 Å². The van der Waals surface area contributed by atoms with Crippen molar-refractivity contribution in [3.8, 4) is 0 Å². The molecule has 1 aliphatic rings. The minimum atomic E-state index is -0.992. The normalized spacial score (nSPS) is 21.1. The number of hydrogen-bond acceptors (Lipinski definition) is 4. The maximum absolute atomic E-state index is 12.5. The van der Waals surface area contributed by atoms with E-state index in [9.17, 15) is 14.7 Å². The maximum Gasteiger partial charge on any atom is 0.331 e. The van der Waals surface area contributed by atoms with Gasteiger partial charge in [-0.3, -0.25) is 4.79 Å². The first-order valence-electron chi connectivity index (χ1n) is 6.82. The molecule has 6 heteroatoms. The Morgan fingerprint density at radius 2 is 2.30 bits per heavy atom. The summed E-state index contributed by atoms with van der Waals surface area (Å²) < 4.78 is 0. The summed E-state index contributed by atoms with van der Waals surface area (Å²) in [5.74, 6) is -1.21. The van der Waals surface area contributed by atoms with Crippen LogP contribution in [0.5, 0.6) is 0 Å². The van der Waals surface area contributed by atoms with Crippen LogP contribution < -0.4 is 5.73 Å². The number of nitrogens with zero attached hydrogens (tertiary/aromatic N) is 1. The minimum absolute atomic E-state index is 0.0424. The van der Waals surface area contributed by atoms with Gasteiger partial charge in [-0.25, -0.2) is 4.79 Å². The summed E-state index contributed by atoms with van der Waals surface area (Å²) in [4.78, 5) is 26.5. The van der Waals surface area contributed by atoms with Gasteiger partial charge in [0.15, 0.2) is 6.04 Å². The van der Waals surface area contributed by atoms with Crippen LogP contribution in [0, 0.1) is 5.92 Å². The van der Waals surface area contributed by atoms with Crippen LogP contribution in [0.2, 0.25) is 0 Å². The lowest BCUT2D eigenvalue weighted by Crippen LogP contribution is -2.51. The van der Waals surface area contributed by atoms with Gasteiger partial charge < -0.3 is 15.7 Å². The molecule has 0 radical (unpaired) electrons. The molecule has 1 aromatic rings. The van der Waals surface area contributed by atoms with Crippen molar-refractivity contribution in [3.05, 3.63) is 21.9 Å². The number of rotatable bonds is 4. The number of hydrogen-bond donors (Lipinski definition) is 2. The molecule has 0 fully saturated rings. The monoisotopic (exact) mass is 296 g/mol. The van der Waals surface area contributed by atoms with Gasteiger partial charge >= 0.3 is 5.97 Å². The van der Waals surface area contributed by atoms with Crippen molar-refractivity contribution in [3.63, 3.8) is 0 Å². The van der Waals surface area contributed by atoms with E-state index >= 15 is 0 Å². The van der Waals surface area contributed by atoms with E-state index in [4.69, 9.17) is 5.73 Å². The van der Waals surface area contributed by atoms with E-state index in [-0.39, 0.29) is 11.8 Å². The van der Waals surface area contributed by atoms with Crippen LogP contribution >= 0.6 is 11.3 Å². The Labute approximate surface area is 122 Å². The first-order valence-corrected chi connectivity index (χ1v) is 7.70. The Bertz CT molecular complexity index is 514. The zero-order chi connectivity index (χ0) is 14.9. The largest absolute Gasteiger partial charge is 0.479 e. The molecular formula is C14H20N2O3S. The fourth-order valence-electron chi connectivity index (χ4n) is 2.51. The van der Waals surface area contributed by atoms with Gasteiger partial charge in [-0.1, -0.05) is 20.3 Å². The quantitative estimate of drug-likeness (QED) is 0.884. The lowest BCUT2D eigenvalue weighted by molar-refractivity contribution is -0.152. The van der Waals surface area contributed by atoms with Crippen molar-refractivity contribution in [2.45, 2.75) is 38.8 Å². The molecule has 5 nitrogen and oxygen atoms in total. The predicted molar refractivity (Wildman–Crippen MR) is 77.5 cm³/mol. The van der Waals surface area contributed by atoms with E-state index in [0.717, 1.165) is 16.9 Å². The molecule has 2 rings (SSSR count). The van der Waals surface area contributed by atoms with E-state index in [1.807, 2.05) is 19.2 Å². The van der Waals surface area contributed by atoms with Gasteiger partial charge in [-0.2, -0.15) is 0 Å². The predicted octanol–water partition coefficient (Wildman–Crippen LogP) is 1.63. The third-order valence-electron chi connectivity index (χ3n) is 4.03. The zero-order valence-corrected chi connectivity index (χ0v) is 12.5. The highest BCUT2D eigenvalue weighted by Crippen LogP contribution is 2.34. The number of carbonyl (C=O) groups is 2. The van der Waals surface area contributed by atoms with Gasteiger partial charge in [0.05, 0.1) is 6.04 Å². The molecule has 1 aromatic heterocycles. The summed E-state index contributed by atoms with van der Waals surface area (Å²) in [6, 6.07) is 0.266. The van der Waals surface area contributed by atoms with Crippen LogP contribution in [0.3, 0.4) is 0 Å². The second kappa shape index (κ2) is 5.93. The number of nitrogens with two attached hydrogens (primary N) is 1. The smallest absolute Gasteiger partial charge is 0.331 e. The lowest BCUT2D eigenvalue weighted by atomic mass is 9.94. The third-order valence-corrected chi connectivity index (χ3v) is 5.02. The fraction of sp³-hybridized carbons (Fsp3) is 0.571. The average Bonchev–Trinajstić information content (AvgIpc) is 2.91. The lowest BCUT2D eigenvalue weighted by Gasteiger charge is -2.35.